The third-order valence-corrected chi connectivity index (χ3v) is 3.43. The first-order valence-corrected chi connectivity index (χ1v) is 6.84. The van der Waals surface area contributed by atoms with Crippen molar-refractivity contribution in [3.63, 3.8) is 0 Å². The van der Waals surface area contributed by atoms with E-state index in [0.29, 0.717) is 5.92 Å². The van der Waals surface area contributed by atoms with Gasteiger partial charge in [0, 0.05) is 13.1 Å². The predicted molar refractivity (Wildman–Crippen MR) is 73.1 cm³/mol. The van der Waals surface area contributed by atoms with Gasteiger partial charge in [-0.05, 0) is 30.5 Å². The summed E-state index contributed by atoms with van der Waals surface area (Å²) in [6.07, 6.45) is 0. The Morgan fingerprint density at radius 1 is 1.47 bits per heavy atom. The Balaban J connectivity index is 2.30. The van der Waals surface area contributed by atoms with Crippen molar-refractivity contribution in [3.8, 4) is 10.6 Å². The van der Waals surface area contributed by atoms with Gasteiger partial charge in [0.1, 0.15) is 5.69 Å². The molecule has 0 bridgehead atoms. The monoisotopic (exact) mass is 249 g/mol. The standard InChI is InChI=1S/C13H19N3S/c1-10(2)9-16-11(8-14-3)7-12(15-16)13-5-4-6-17-13/h4-7,10,14H,8-9H2,1-3H3. The van der Waals surface area contributed by atoms with Crippen molar-refractivity contribution in [1.82, 2.24) is 15.1 Å². The van der Waals surface area contributed by atoms with Gasteiger partial charge >= 0.3 is 0 Å². The number of nitrogens with zero attached hydrogens (tertiary/aromatic N) is 2. The summed E-state index contributed by atoms with van der Waals surface area (Å²) in [5.74, 6) is 0.613. The van der Waals surface area contributed by atoms with Gasteiger partial charge in [-0.3, -0.25) is 4.68 Å². The molecule has 17 heavy (non-hydrogen) atoms. The van der Waals surface area contributed by atoms with Crippen molar-refractivity contribution in [2.24, 2.45) is 5.92 Å². The fraction of sp³-hybridized carbons (Fsp3) is 0.462. The zero-order valence-corrected chi connectivity index (χ0v) is 11.4. The Kier molecular flexibility index (Phi) is 3.97. The molecule has 0 amide bonds. The molecule has 2 aromatic heterocycles. The lowest BCUT2D eigenvalue weighted by atomic mass is 10.2. The highest BCUT2D eigenvalue weighted by Crippen LogP contribution is 2.24. The van der Waals surface area contributed by atoms with Gasteiger partial charge in [-0.15, -0.1) is 11.3 Å². The van der Waals surface area contributed by atoms with E-state index >= 15 is 0 Å². The summed E-state index contributed by atoms with van der Waals surface area (Å²) in [5, 5.41) is 9.99. The van der Waals surface area contributed by atoms with Crippen molar-refractivity contribution < 1.29 is 0 Å². The molecule has 2 heterocycles. The highest BCUT2D eigenvalue weighted by atomic mass is 32.1. The molecule has 0 aliphatic rings. The molecule has 1 N–H and O–H groups in total. The first kappa shape index (κ1) is 12.3. The lowest BCUT2D eigenvalue weighted by Crippen LogP contribution is -2.14. The molecule has 3 nitrogen and oxygen atoms in total. The maximum absolute atomic E-state index is 4.70. The molecule has 0 radical (unpaired) electrons. The van der Waals surface area contributed by atoms with E-state index in [1.54, 1.807) is 11.3 Å². The lowest BCUT2D eigenvalue weighted by Gasteiger charge is -2.09. The number of nitrogens with one attached hydrogen (secondary N) is 1. The van der Waals surface area contributed by atoms with E-state index in [-0.39, 0.29) is 0 Å². The second kappa shape index (κ2) is 5.47. The molecular formula is C13H19N3S. The van der Waals surface area contributed by atoms with Crippen LogP contribution < -0.4 is 5.32 Å². The van der Waals surface area contributed by atoms with Gasteiger partial charge < -0.3 is 5.32 Å². The summed E-state index contributed by atoms with van der Waals surface area (Å²) in [6.45, 7) is 6.28. The number of hydrogen-bond acceptors (Lipinski definition) is 3. The van der Waals surface area contributed by atoms with E-state index < -0.39 is 0 Å². The molecule has 0 aliphatic heterocycles. The van der Waals surface area contributed by atoms with Gasteiger partial charge in [0.2, 0.25) is 0 Å². The summed E-state index contributed by atoms with van der Waals surface area (Å²) < 4.78 is 2.12. The zero-order valence-electron chi connectivity index (χ0n) is 10.6. The molecule has 0 aliphatic carbocycles. The number of hydrogen-bond donors (Lipinski definition) is 1. The summed E-state index contributed by atoms with van der Waals surface area (Å²) in [4.78, 5) is 1.24. The van der Waals surface area contributed by atoms with Crippen LogP contribution in [0.5, 0.6) is 0 Å². The van der Waals surface area contributed by atoms with E-state index in [1.165, 1.54) is 10.6 Å². The van der Waals surface area contributed by atoms with Crippen LogP contribution in [0, 0.1) is 5.92 Å². The first-order valence-electron chi connectivity index (χ1n) is 5.96. The molecule has 0 unspecified atom stereocenters. The van der Waals surface area contributed by atoms with Crippen molar-refractivity contribution in [2.45, 2.75) is 26.9 Å². The largest absolute Gasteiger partial charge is 0.314 e. The predicted octanol–water partition coefficient (Wildman–Crippen LogP) is 2.99. The van der Waals surface area contributed by atoms with Gasteiger partial charge in [-0.1, -0.05) is 19.9 Å². The van der Waals surface area contributed by atoms with Crippen molar-refractivity contribution in [3.05, 3.63) is 29.3 Å². The van der Waals surface area contributed by atoms with E-state index in [0.717, 1.165) is 18.8 Å². The Hall–Kier alpha value is -1.13. The van der Waals surface area contributed by atoms with E-state index in [9.17, 15) is 0 Å². The van der Waals surface area contributed by atoms with Crippen molar-refractivity contribution in [1.29, 1.82) is 0 Å². The van der Waals surface area contributed by atoms with Crippen molar-refractivity contribution in [2.75, 3.05) is 7.05 Å². The van der Waals surface area contributed by atoms with E-state index in [4.69, 9.17) is 5.10 Å². The molecule has 0 fully saturated rings. The average molecular weight is 249 g/mol. The molecule has 0 spiro atoms. The Morgan fingerprint density at radius 3 is 2.88 bits per heavy atom. The normalized spacial score (nSPS) is 11.3. The van der Waals surface area contributed by atoms with Crippen LogP contribution in [0.2, 0.25) is 0 Å². The van der Waals surface area contributed by atoms with E-state index in [2.05, 4.69) is 47.4 Å². The topological polar surface area (TPSA) is 29.9 Å². The summed E-state index contributed by atoms with van der Waals surface area (Å²) in [6, 6.07) is 6.37. The number of aromatic nitrogens is 2. The molecule has 92 valence electrons. The Bertz CT molecular complexity index is 457. The van der Waals surface area contributed by atoms with Gasteiger partial charge in [-0.25, -0.2) is 0 Å². The molecule has 2 aromatic rings. The number of rotatable bonds is 5. The molecule has 0 atom stereocenters. The van der Waals surface area contributed by atoms with Gasteiger partial charge in [0.15, 0.2) is 0 Å². The van der Waals surface area contributed by atoms with Crippen LogP contribution in [-0.2, 0) is 13.1 Å². The van der Waals surface area contributed by atoms with Gasteiger partial charge in [-0.2, -0.15) is 5.10 Å². The quantitative estimate of drug-likeness (QED) is 0.883. The smallest absolute Gasteiger partial charge is 0.103 e. The molecule has 0 saturated carbocycles. The van der Waals surface area contributed by atoms with Crippen molar-refractivity contribution >= 4 is 11.3 Å². The minimum absolute atomic E-state index is 0.613. The van der Waals surface area contributed by atoms with Crippen LogP contribution in [0.15, 0.2) is 23.6 Å². The van der Waals surface area contributed by atoms with E-state index in [1.807, 2.05) is 7.05 Å². The highest BCUT2D eigenvalue weighted by molar-refractivity contribution is 7.13. The molecule has 0 aromatic carbocycles. The molecule has 2 rings (SSSR count). The highest BCUT2D eigenvalue weighted by Gasteiger charge is 2.10. The summed E-state index contributed by atoms with van der Waals surface area (Å²) in [7, 11) is 1.97. The minimum Gasteiger partial charge on any atom is -0.314 e. The summed E-state index contributed by atoms with van der Waals surface area (Å²) >= 11 is 1.74. The second-order valence-corrected chi connectivity index (χ2v) is 5.55. The van der Waals surface area contributed by atoms with Crippen LogP contribution in [0.25, 0.3) is 10.6 Å². The average Bonchev–Trinajstić information content (AvgIpc) is 2.87. The van der Waals surface area contributed by atoms with Gasteiger partial charge in [0.25, 0.3) is 0 Å². The molecular weight excluding hydrogens is 230 g/mol. The first-order chi connectivity index (χ1) is 8.20. The third kappa shape index (κ3) is 2.96. The minimum atomic E-state index is 0.613. The Morgan fingerprint density at radius 2 is 2.29 bits per heavy atom. The van der Waals surface area contributed by atoms with Crippen LogP contribution in [0.4, 0.5) is 0 Å². The second-order valence-electron chi connectivity index (χ2n) is 4.60. The van der Waals surface area contributed by atoms with Crippen LogP contribution >= 0.6 is 11.3 Å². The van der Waals surface area contributed by atoms with Crippen LogP contribution in [0.1, 0.15) is 19.5 Å². The fourth-order valence-electron chi connectivity index (χ4n) is 1.83. The molecule has 4 heteroatoms. The maximum Gasteiger partial charge on any atom is 0.103 e. The zero-order chi connectivity index (χ0) is 12.3. The van der Waals surface area contributed by atoms with Crippen LogP contribution in [-0.4, -0.2) is 16.8 Å². The lowest BCUT2D eigenvalue weighted by molar-refractivity contribution is 0.465. The SMILES string of the molecule is CNCc1cc(-c2cccs2)nn1CC(C)C. The van der Waals surface area contributed by atoms with Crippen LogP contribution in [0.3, 0.4) is 0 Å². The fourth-order valence-corrected chi connectivity index (χ4v) is 2.51. The third-order valence-electron chi connectivity index (χ3n) is 2.53. The Labute approximate surface area is 106 Å². The maximum atomic E-state index is 4.70. The van der Waals surface area contributed by atoms with Gasteiger partial charge in [0.05, 0.1) is 10.6 Å². The number of thiophene rings is 1. The molecule has 0 saturated heterocycles. The summed E-state index contributed by atoms with van der Waals surface area (Å²) in [5.41, 5.74) is 2.34.